The molecule has 0 radical (unpaired) electrons. The average Bonchev–Trinajstić information content (AvgIpc) is 2.76. The lowest BCUT2D eigenvalue weighted by molar-refractivity contribution is -0.169. The zero-order valence-corrected chi connectivity index (χ0v) is 17.2. The van der Waals surface area contributed by atoms with E-state index in [1.54, 1.807) is 6.92 Å². The molecule has 0 aromatic heterocycles. The highest BCUT2D eigenvalue weighted by atomic mass is 16.7. The lowest BCUT2D eigenvalue weighted by Gasteiger charge is -2.24. The fraction of sp³-hybridized carbons (Fsp3) is 0.682. The van der Waals surface area contributed by atoms with Crippen molar-refractivity contribution >= 4 is 5.97 Å². The summed E-state index contributed by atoms with van der Waals surface area (Å²) in [6.07, 6.45) is 5.90. The van der Waals surface area contributed by atoms with E-state index in [4.69, 9.17) is 28.4 Å². The largest absolute Gasteiger partial charge is 0.482 e. The molecule has 162 valence electrons. The molecule has 2 aliphatic rings. The molecular weight excluding hydrogens is 376 g/mol. The Balaban J connectivity index is 1.60. The first-order chi connectivity index (χ1) is 14.2. The van der Waals surface area contributed by atoms with E-state index in [2.05, 4.69) is 0 Å². The zero-order valence-electron chi connectivity index (χ0n) is 17.2. The first-order valence-corrected chi connectivity index (χ1v) is 10.6. The molecule has 0 N–H and O–H groups in total. The third-order valence-electron chi connectivity index (χ3n) is 4.84. The van der Waals surface area contributed by atoms with Crippen molar-refractivity contribution in [3.05, 3.63) is 29.3 Å². The number of rotatable bonds is 10. The van der Waals surface area contributed by atoms with Crippen LogP contribution in [0.1, 0.15) is 56.6 Å². The van der Waals surface area contributed by atoms with E-state index >= 15 is 0 Å². The van der Waals surface area contributed by atoms with Crippen LogP contribution in [0.15, 0.2) is 18.2 Å². The Labute approximate surface area is 172 Å². The van der Waals surface area contributed by atoms with E-state index < -0.39 is 5.97 Å². The van der Waals surface area contributed by atoms with Crippen LogP contribution in [0.25, 0.3) is 0 Å². The van der Waals surface area contributed by atoms with Crippen molar-refractivity contribution in [2.45, 2.75) is 71.2 Å². The van der Waals surface area contributed by atoms with Crippen molar-refractivity contribution in [3.8, 4) is 5.75 Å². The van der Waals surface area contributed by atoms with Crippen molar-refractivity contribution in [2.75, 3.05) is 26.4 Å². The van der Waals surface area contributed by atoms with Crippen molar-refractivity contribution in [1.29, 1.82) is 0 Å². The van der Waals surface area contributed by atoms with Crippen molar-refractivity contribution < 1.29 is 33.2 Å². The standard InChI is InChI=1S/C22H32O7/c1-2-24-20(23)16-27-19-12-17(14-28-21-7-3-5-9-25-21)11-18(13-19)15-29-22-8-4-6-10-26-22/h11-13,21-22H,2-10,14-16H2,1H3. The third-order valence-corrected chi connectivity index (χ3v) is 4.84. The third kappa shape index (κ3) is 7.93. The van der Waals surface area contributed by atoms with Crippen LogP contribution < -0.4 is 4.74 Å². The minimum Gasteiger partial charge on any atom is -0.482 e. The van der Waals surface area contributed by atoms with E-state index in [0.717, 1.165) is 62.9 Å². The second kappa shape index (κ2) is 12.1. The van der Waals surface area contributed by atoms with Crippen LogP contribution >= 0.6 is 0 Å². The van der Waals surface area contributed by atoms with Gasteiger partial charge in [-0.2, -0.15) is 0 Å². The van der Waals surface area contributed by atoms with Crippen LogP contribution in [0, 0.1) is 0 Å². The minimum absolute atomic E-state index is 0.129. The Morgan fingerprint density at radius 2 is 1.52 bits per heavy atom. The molecule has 0 spiro atoms. The topological polar surface area (TPSA) is 72.5 Å². The number of carbonyl (C=O) groups is 1. The number of esters is 1. The molecule has 2 heterocycles. The predicted octanol–water partition coefficient (Wildman–Crippen LogP) is 3.71. The van der Waals surface area contributed by atoms with E-state index in [1.165, 1.54) is 0 Å². The normalized spacial score (nSPS) is 22.2. The summed E-state index contributed by atoms with van der Waals surface area (Å²) in [6.45, 7) is 4.28. The molecule has 29 heavy (non-hydrogen) atoms. The van der Waals surface area contributed by atoms with Crippen molar-refractivity contribution in [1.82, 2.24) is 0 Å². The molecule has 1 aromatic carbocycles. The highest BCUT2D eigenvalue weighted by molar-refractivity contribution is 5.71. The first kappa shape index (κ1) is 22.0. The molecule has 2 atom stereocenters. The summed E-state index contributed by atoms with van der Waals surface area (Å²) >= 11 is 0. The van der Waals surface area contributed by atoms with Crippen LogP contribution in [0.3, 0.4) is 0 Å². The quantitative estimate of drug-likeness (QED) is 0.547. The van der Waals surface area contributed by atoms with Crippen LogP contribution in [0.2, 0.25) is 0 Å². The summed E-state index contributed by atoms with van der Waals surface area (Å²) in [5, 5.41) is 0. The van der Waals surface area contributed by atoms with Gasteiger partial charge in [0, 0.05) is 13.2 Å². The molecule has 3 rings (SSSR count). The van der Waals surface area contributed by atoms with Crippen LogP contribution in [0.4, 0.5) is 0 Å². The maximum atomic E-state index is 11.6. The second-order valence-electron chi connectivity index (χ2n) is 7.29. The van der Waals surface area contributed by atoms with E-state index in [1.807, 2.05) is 18.2 Å². The van der Waals surface area contributed by atoms with E-state index in [9.17, 15) is 4.79 Å². The van der Waals surface area contributed by atoms with E-state index in [0.29, 0.717) is 25.6 Å². The van der Waals surface area contributed by atoms with Crippen molar-refractivity contribution in [2.24, 2.45) is 0 Å². The van der Waals surface area contributed by atoms with Gasteiger partial charge in [0.05, 0.1) is 19.8 Å². The average molecular weight is 408 g/mol. The van der Waals surface area contributed by atoms with Gasteiger partial charge in [0.15, 0.2) is 19.2 Å². The molecule has 7 nitrogen and oxygen atoms in total. The first-order valence-electron chi connectivity index (χ1n) is 10.6. The maximum absolute atomic E-state index is 11.6. The molecule has 2 unspecified atom stereocenters. The van der Waals surface area contributed by atoms with Crippen LogP contribution in [-0.4, -0.2) is 45.0 Å². The lowest BCUT2D eigenvalue weighted by Crippen LogP contribution is -2.22. The fourth-order valence-electron chi connectivity index (χ4n) is 3.39. The van der Waals surface area contributed by atoms with Gasteiger partial charge in [-0.15, -0.1) is 0 Å². The number of carbonyl (C=O) groups excluding carboxylic acids is 1. The van der Waals surface area contributed by atoms with Gasteiger partial charge in [-0.05, 0) is 68.7 Å². The summed E-state index contributed by atoms with van der Waals surface area (Å²) in [5.41, 5.74) is 1.90. The highest BCUT2D eigenvalue weighted by Gasteiger charge is 2.16. The summed E-state index contributed by atoms with van der Waals surface area (Å²) in [4.78, 5) is 11.6. The molecular formula is C22H32O7. The second-order valence-corrected chi connectivity index (χ2v) is 7.29. The minimum atomic E-state index is -0.391. The van der Waals surface area contributed by atoms with Gasteiger partial charge in [-0.25, -0.2) is 4.79 Å². The summed E-state index contributed by atoms with van der Waals surface area (Å²) in [6, 6.07) is 5.79. The molecule has 2 fully saturated rings. The van der Waals surface area contributed by atoms with Crippen LogP contribution in [0.5, 0.6) is 5.75 Å². The number of ether oxygens (including phenoxy) is 6. The summed E-state index contributed by atoms with van der Waals surface area (Å²) in [7, 11) is 0. The van der Waals surface area contributed by atoms with Gasteiger partial charge in [0.2, 0.25) is 0 Å². The Bertz CT molecular complexity index is 581. The lowest BCUT2D eigenvalue weighted by atomic mass is 10.1. The summed E-state index contributed by atoms with van der Waals surface area (Å²) < 4.78 is 33.6. The zero-order chi connectivity index (χ0) is 20.3. The predicted molar refractivity (Wildman–Crippen MR) is 105 cm³/mol. The summed E-state index contributed by atoms with van der Waals surface area (Å²) in [5.74, 6) is 0.199. The van der Waals surface area contributed by atoms with Gasteiger partial charge in [0.1, 0.15) is 5.75 Å². The SMILES string of the molecule is CCOC(=O)COc1cc(COC2CCCCO2)cc(COC2CCCCO2)c1. The molecule has 2 saturated heterocycles. The molecule has 7 heteroatoms. The Morgan fingerprint density at radius 1 is 0.931 bits per heavy atom. The van der Waals surface area contributed by atoms with Gasteiger partial charge in [-0.1, -0.05) is 6.07 Å². The highest BCUT2D eigenvalue weighted by Crippen LogP contribution is 2.23. The number of hydrogen-bond acceptors (Lipinski definition) is 7. The molecule has 0 aliphatic carbocycles. The monoisotopic (exact) mass is 408 g/mol. The molecule has 0 amide bonds. The van der Waals surface area contributed by atoms with Crippen LogP contribution in [-0.2, 0) is 41.7 Å². The molecule has 1 aromatic rings. The molecule has 2 aliphatic heterocycles. The van der Waals surface area contributed by atoms with Gasteiger partial charge in [0.25, 0.3) is 0 Å². The number of benzene rings is 1. The van der Waals surface area contributed by atoms with Crippen molar-refractivity contribution in [3.63, 3.8) is 0 Å². The van der Waals surface area contributed by atoms with E-state index in [-0.39, 0.29) is 19.2 Å². The van der Waals surface area contributed by atoms with Gasteiger partial charge < -0.3 is 28.4 Å². The Hall–Kier alpha value is -1.67. The van der Waals surface area contributed by atoms with Gasteiger partial charge >= 0.3 is 5.97 Å². The fourth-order valence-corrected chi connectivity index (χ4v) is 3.39. The Morgan fingerprint density at radius 3 is 2.00 bits per heavy atom. The number of hydrogen-bond donors (Lipinski definition) is 0. The smallest absolute Gasteiger partial charge is 0.344 e. The van der Waals surface area contributed by atoms with Gasteiger partial charge in [-0.3, -0.25) is 0 Å². The Kier molecular flexibility index (Phi) is 9.21. The molecule has 0 saturated carbocycles. The molecule has 0 bridgehead atoms. The maximum Gasteiger partial charge on any atom is 0.344 e.